The van der Waals surface area contributed by atoms with Crippen molar-refractivity contribution in [3.63, 3.8) is 0 Å². The van der Waals surface area contributed by atoms with Gasteiger partial charge in [0.2, 0.25) is 0 Å². The van der Waals surface area contributed by atoms with Crippen LogP contribution in [0.15, 0.2) is 0 Å². The van der Waals surface area contributed by atoms with E-state index < -0.39 is 0 Å². The molecule has 0 aromatic rings. The Morgan fingerprint density at radius 1 is 1.00 bits per heavy atom. The molecule has 1 heteroatoms. The fraction of sp³-hybridized carbons (Fsp3) is 1.00. The highest BCUT2D eigenvalue weighted by atomic mass is 14.9. The van der Waals surface area contributed by atoms with E-state index in [0.29, 0.717) is 0 Å². The minimum absolute atomic E-state index is 0.909. The smallest absolute Gasteiger partial charge is 0.00172 e. The highest BCUT2D eigenvalue weighted by Gasteiger charge is 2.34. The van der Waals surface area contributed by atoms with Crippen LogP contribution in [0.3, 0.4) is 0 Å². The molecule has 84 valence electrons. The Bertz CT molecular complexity index is 153. The van der Waals surface area contributed by atoms with Crippen LogP contribution in [0.1, 0.15) is 47.0 Å². The van der Waals surface area contributed by atoms with Crippen LogP contribution in [-0.4, -0.2) is 13.1 Å². The second kappa shape index (κ2) is 5.75. The molecule has 2 rings (SSSR count). The lowest BCUT2D eigenvalue weighted by molar-refractivity contribution is 0.183. The molecule has 0 radical (unpaired) electrons. The van der Waals surface area contributed by atoms with Crippen molar-refractivity contribution < 1.29 is 0 Å². The molecule has 14 heavy (non-hydrogen) atoms. The summed E-state index contributed by atoms with van der Waals surface area (Å²) >= 11 is 0. The monoisotopic (exact) mass is 197 g/mol. The van der Waals surface area contributed by atoms with Gasteiger partial charge in [-0.1, -0.05) is 27.7 Å². The molecule has 1 saturated carbocycles. The van der Waals surface area contributed by atoms with E-state index in [9.17, 15) is 0 Å². The molecule has 0 bridgehead atoms. The maximum atomic E-state index is 3.52. The van der Waals surface area contributed by atoms with E-state index in [2.05, 4.69) is 19.2 Å². The molecule has 1 aliphatic heterocycles. The Kier molecular flexibility index (Phi) is 4.94. The summed E-state index contributed by atoms with van der Waals surface area (Å²) < 4.78 is 0. The van der Waals surface area contributed by atoms with Crippen LogP contribution < -0.4 is 5.32 Å². The van der Waals surface area contributed by atoms with Crippen molar-refractivity contribution in [3.8, 4) is 0 Å². The van der Waals surface area contributed by atoms with Gasteiger partial charge in [-0.15, -0.1) is 0 Å². The molecule has 1 aliphatic carbocycles. The van der Waals surface area contributed by atoms with Crippen LogP contribution in [0.4, 0.5) is 0 Å². The van der Waals surface area contributed by atoms with E-state index in [1.54, 1.807) is 0 Å². The molecule has 1 N–H and O–H groups in total. The van der Waals surface area contributed by atoms with E-state index in [0.717, 1.165) is 23.7 Å². The zero-order valence-corrected chi connectivity index (χ0v) is 10.3. The van der Waals surface area contributed by atoms with Crippen molar-refractivity contribution in [2.75, 3.05) is 13.1 Å². The fourth-order valence-corrected chi connectivity index (χ4v) is 2.94. The first-order chi connectivity index (χ1) is 6.77. The molecule has 0 spiro atoms. The molecule has 0 aromatic carbocycles. The highest BCUT2D eigenvalue weighted by molar-refractivity contribution is 4.87. The van der Waals surface area contributed by atoms with Gasteiger partial charge in [-0.3, -0.25) is 0 Å². The second-order valence-electron chi connectivity index (χ2n) is 5.00. The van der Waals surface area contributed by atoms with Gasteiger partial charge >= 0.3 is 0 Å². The highest BCUT2D eigenvalue weighted by Crippen LogP contribution is 2.38. The van der Waals surface area contributed by atoms with Crippen LogP contribution >= 0.6 is 0 Å². The van der Waals surface area contributed by atoms with Gasteiger partial charge < -0.3 is 5.32 Å². The van der Waals surface area contributed by atoms with Gasteiger partial charge in [-0.2, -0.15) is 0 Å². The molecule has 3 unspecified atom stereocenters. The summed E-state index contributed by atoms with van der Waals surface area (Å²) in [6.07, 6.45) is 4.47. The standard InChI is InChI=1S/C11H21N.C2H6/c1-8(2)9-3-4-10-6-12-7-11(10)5-9;1-2/h8-12H,3-7H2,1-2H3;1-2H3. The summed E-state index contributed by atoms with van der Waals surface area (Å²) in [7, 11) is 0. The first-order valence-electron chi connectivity index (χ1n) is 6.48. The molecule has 3 atom stereocenters. The Hall–Kier alpha value is -0.0400. The first-order valence-corrected chi connectivity index (χ1v) is 6.48. The van der Waals surface area contributed by atoms with Gasteiger partial charge in [0.05, 0.1) is 0 Å². The van der Waals surface area contributed by atoms with Gasteiger partial charge in [0.1, 0.15) is 0 Å². The van der Waals surface area contributed by atoms with Crippen molar-refractivity contribution in [1.29, 1.82) is 0 Å². The average molecular weight is 197 g/mol. The minimum atomic E-state index is 0.909. The fourth-order valence-electron chi connectivity index (χ4n) is 2.94. The normalized spacial score (nSPS) is 36.2. The maximum Gasteiger partial charge on any atom is -0.00172 e. The van der Waals surface area contributed by atoms with E-state index in [-0.39, 0.29) is 0 Å². The second-order valence-corrected chi connectivity index (χ2v) is 5.00. The Labute approximate surface area is 89.7 Å². The first kappa shape index (κ1) is 12.0. The third-order valence-electron chi connectivity index (χ3n) is 3.94. The molecule has 2 fully saturated rings. The van der Waals surface area contributed by atoms with E-state index >= 15 is 0 Å². The van der Waals surface area contributed by atoms with Gasteiger partial charge in [0.15, 0.2) is 0 Å². The van der Waals surface area contributed by atoms with Crippen molar-refractivity contribution in [3.05, 3.63) is 0 Å². The zero-order chi connectivity index (χ0) is 10.6. The lowest BCUT2D eigenvalue weighted by Gasteiger charge is -2.33. The summed E-state index contributed by atoms with van der Waals surface area (Å²) in [6, 6.07) is 0. The largest absolute Gasteiger partial charge is 0.316 e. The minimum Gasteiger partial charge on any atom is -0.316 e. The lowest BCUT2D eigenvalue weighted by atomic mass is 9.72. The summed E-state index contributed by atoms with van der Waals surface area (Å²) in [5.41, 5.74) is 0. The molecule has 2 aliphatic rings. The van der Waals surface area contributed by atoms with E-state index in [1.807, 2.05) is 13.8 Å². The summed E-state index contributed by atoms with van der Waals surface area (Å²) in [5.74, 6) is 3.98. The quantitative estimate of drug-likeness (QED) is 0.680. The summed E-state index contributed by atoms with van der Waals surface area (Å²) in [5, 5.41) is 3.52. The summed E-state index contributed by atoms with van der Waals surface area (Å²) in [6.45, 7) is 11.4. The number of hydrogen-bond acceptors (Lipinski definition) is 1. The van der Waals surface area contributed by atoms with Crippen LogP contribution in [0.5, 0.6) is 0 Å². The zero-order valence-electron chi connectivity index (χ0n) is 10.3. The van der Waals surface area contributed by atoms with Crippen molar-refractivity contribution in [2.24, 2.45) is 23.7 Å². The molecule has 1 nitrogen and oxygen atoms in total. The molecule has 1 heterocycles. The maximum absolute atomic E-state index is 3.52. The predicted molar refractivity (Wildman–Crippen MR) is 63.4 cm³/mol. The average Bonchev–Trinajstić information content (AvgIpc) is 2.67. The molecular weight excluding hydrogens is 170 g/mol. The molecule has 1 saturated heterocycles. The van der Waals surface area contributed by atoms with E-state index in [1.165, 1.54) is 32.4 Å². The van der Waals surface area contributed by atoms with Gasteiger partial charge in [-0.05, 0) is 56.0 Å². The van der Waals surface area contributed by atoms with Crippen LogP contribution in [-0.2, 0) is 0 Å². The van der Waals surface area contributed by atoms with Gasteiger partial charge in [-0.25, -0.2) is 0 Å². The van der Waals surface area contributed by atoms with Crippen LogP contribution in [0.2, 0.25) is 0 Å². The molecular formula is C13H27N. The Morgan fingerprint density at radius 3 is 2.29 bits per heavy atom. The van der Waals surface area contributed by atoms with Gasteiger partial charge in [0, 0.05) is 0 Å². The van der Waals surface area contributed by atoms with Gasteiger partial charge in [0.25, 0.3) is 0 Å². The van der Waals surface area contributed by atoms with Crippen molar-refractivity contribution in [2.45, 2.75) is 47.0 Å². The number of fused-ring (bicyclic) bond motifs is 1. The number of rotatable bonds is 1. The third kappa shape index (κ3) is 2.73. The SMILES string of the molecule is CC.CC(C)C1CCC2CNCC2C1. The topological polar surface area (TPSA) is 12.0 Å². The Morgan fingerprint density at radius 2 is 1.64 bits per heavy atom. The lowest BCUT2D eigenvalue weighted by Crippen LogP contribution is -2.26. The molecule has 0 amide bonds. The van der Waals surface area contributed by atoms with E-state index in [4.69, 9.17) is 0 Å². The number of hydrogen-bond donors (Lipinski definition) is 1. The molecule has 0 aromatic heterocycles. The number of nitrogens with one attached hydrogen (secondary N) is 1. The predicted octanol–water partition coefficient (Wildman–Crippen LogP) is 3.30. The Balaban J connectivity index is 0.000000461. The van der Waals surface area contributed by atoms with Crippen LogP contribution in [0.25, 0.3) is 0 Å². The summed E-state index contributed by atoms with van der Waals surface area (Å²) in [4.78, 5) is 0. The van der Waals surface area contributed by atoms with Crippen molar-refractivity contribution in [1.82, 2.24) is 5.32 Å². The third-order valence-corrected chi connectivity index (χ3v) is 3.94. The van der Waals surface area contributed by atoms with Crippen molar-refractivity contribution >= 4 is 0 Å². The van der Waals surface area contributed by atoms with Crippen LogP contribution in [0, 0.1) is 23.7 Å².